The normalized spacial score (nSPS) is 23.2. The summed E-state index contributed by atoms with van der Waals surface area (Å²) in [5.41, 5.74) is 3.13. The molecule has 31 heavy (non-hydrogen) atoms. The molecule has 2 aliphatic heterocycles. The molecule has 0 N–H and O–H groups in total. The molecular weight excluding hydrogens is 446 g/mol. The smallest absolute Gasteiger partial charge is 0.269 e. The fourth-order valence-corrected chi connectivity index (χ4v) is 6.85. The maximum atomic E-state index is 13.7. The zero-order chi connectivity index (χ0) is 21.5. The Morgan fingerprint density at radius 3 is 2.52 bits per heavy atom. The monoisotopic (exact) mass is 469 g/mol. The molecule has 4 nitrogen and oxygen atoms in total. The number of amidine groups is 1. The molecule has 1 aliphatic carbocycles. The number of amides is 1. The molecular formula is C24H24ClN3OS2. The first kappa shape index (κ1) is 21.0. The highest BCUT2D eigenvalue weighted by atomic mass is 35.5. The molecule has 0 radical (unpaired) electrons. The Labute approximate surface area is 196 Å². The molecule has 1 saturated carbocycles. The Morgan fingerprint density at radius 2 is 1.77 bits per heavy atom. The summed E-state index contributed by atoms with van der Waals surface area (Å²) in [6.45, 7) is 2.07. The van der Waals surface area contributed by atoms with Crippen molar-refractivity contribution < 1.29 is 4.79 Å². The van der Waals surface area contributed by atoms with Crippen LogP contribution in [-0.4, -0.2) is 29.1 Å². The minimum Gasteiger partial charge on any atom is -0.337 e. The van der Waals surface area contributed by atoms with Crippen LogP contribution in [0.1, 0.15) is 37.7 Å². The summed E-state index contributed by atoms with van der Waals surface area (Å²) in [6, 6.07) is 14.3. The van der Waals surface area contributed by atoms with Gasteiger partial charge in [0.25, 0.3) is 5.91 Å². The summed E-state index contributed by atoms with van der Waals surface area (Å²) in [5, 5.41) is 2.46. The van der Waals surface area contributed by atoms with Gasteiger partial charge in [-0.1, -0.05) is 60.3 Å². The third-order valence-corrected chi connectivity index (χ3v) is 8.64. The first-order valence-corrected chi connectivity index (χ1v) is 12.6. The van der Waals surface area contributed by atoms with Crippen molar-refractivity contribution in [2.75, 3.05) is 11.9 Å². The number of aryl methyl sites for hydroxylation is 1. The van der Waals surface area contributed by atoms with Crippen LogP contribution in [-0.2, 0) is 4.79 Å². The zero-order valence-corrected chi connectivity index (χ0v) is 20.0. The van der Waals surface area contributed by atoms with Crippen molar-refractivity contribution in [3.8, 4) is 0 Å². The Morgan fingerprint density at radius 1 is 1.03 bits per heavy atom. The third kappa shape index (κ3) is 4.01. The number of halogens is 1. The Bertz CT molecular complexity index is 1090. The van der Waals surface area contributed by atoms with Crippen molar-refractivity contribution in [3.05, 3.63) is 63.0 Å². The summed E-state index contributed by atoms with van der Waals surface area (Å²) >= 11 is 9.36. The summed E-state index contributed by atoms with van der Waals surface area (Å²) in [4.78, 5) is 24.6. The number of hydrogen-bond acceptors (Lipinski definition) is 5. The van der Waals surface area contributed by atoms with Gasteiger partial charge in [0.15, 0.2) is 5.17 Å². The lowest BCUT2D eigenvalue weighted by Crippen LogP contribution is -2.40. The number of anilines is 1. The molecule has 2 aromatic carbocycles. The first-order chi connectivity index (χ1) is 15.0. The molecule has 2 heterocycles. The van der Waals surface area contributed by atoms with Crippen molar-refractivity contribution in [1.29, 1.82) is 0 Å². The predicted octanol–water partition coefficient (Wildman–Crippen LogP) is 6.96. The number of aliphatic imine (C=N–C) groups is 1. The minimum atomic E-state index is 0.0796. The maximum Gasteiger partial charge on any atom is 0.269 e. The van der Waals surface area contributed by atoms with Gasteiger partial charge in [-0.3, -0.25) is 9.69 Å². The van der Waals surface area contributed by atoms with Crippen molar-refractivity contribution in [2.45, 2.75) is 50.0 Å². The van der Waals surface area contributed by atoms with E-state index in [-0.39, 0.29) is 11.9 Å². The van der Waals surface area contributed by atoms with Gasteiger partial charge in [-0.25, -0.2) is 4.99 Å². The third-order valence-electron chi connectivity index (χ3n) is 6.00. The lowest BCUT2D eigenvalue weighted by atomic mass is 9.94. The van der Waals surface area contributed by atoms with E-state index in [9.17, 15) is 4.79 Å². The number of carbonyl (C=O) groups excluding carboxylic acids is 1. The van der Waals surface area contributed by atoms with Gasteiger partial charge in [0.2, 0.25) is 0 Å². The second kappa shape index (κ2) is 8.57. The fourth-order valence-electron chi connectivity index (χ4n) is 4.30. The van der Waals surface area contributed by atoms with Crippen LogP contribution in [0.2, 0.25) is 5.02 Å². The second-order valence-electron chi connectivity index (χ2n) is 8.21. The van der Waals surface area contributed by atoms with E-state index in [0.29, 0.717) is 5.02 Å². The van der Waals surface area contributed by atoms with Crippen LogP contribution < -0.4 is 4.90 Å². The molecule has 0 spiro atoms. The minimum absolute atomic E-state index is 0.0796. The van der Waals surface area contributed by atoms with Crippen molar-refractivity contribution in [1.82, 2.24) is 4.90 Å². The summed E-state index contributed by atoms with van der Waals surface area (Å²) in [6.07, 6.45) is 5.67. The summed E-state index contributed by atoms with van der Waals surface area (Å²) in [7, 11) is 2.01. The number of hydrogen-bond donors (Lipinski definition) is 0. The molecule has 0 bridgehead atoms. The molecule has 2 aromatic rings. The van der Waals surface area contributed by atoms with Gasteiger partial charge in [0, 0.05) is 23.0 Å². The highest BCUT2D eigenvalue weighted by molar-refractivity contribution is 8.19. The quantitative estimate of drug-likeness (QED) is 0.445. The molecule has 3 aliphatic rings. The van der Waals surface area contributed by atoms with E-state index in [4.69, 9.17) is 16.6 Å². The van der Waals surface area contributed by atoms with Gasteiger partial charge in [-0.05, 0) is 61.9 Å². The maximum absolute atomic E-state index is 13.7. The number of benzene rings is 2. The van der Waals surface area contributed by atoms with Crippen molar-refractivity contribution in [3.63, 3.8) is 0 Å². The summed E-state index contributed by atoms with van der Waals surface area (Å²) < 4.78 is 0. The van der Waals surface area contributed by atoms with Crippen LogP contribution in [0.3, 0.4) is 0 Å². The van der Waals surface area contributed by atoms with Crippen LogP contribution in [0.4, 0.5) is 11.4 Å². The number of rotatable bonds is 2. The van der Waals surface area contributed by atoms with E-state index in [2.05, 4.69) is 24.0 Å². The van der Waals surface area contributed by atoms with E-state index in [1.54, 1.807) is 11.8 Å². The van der Waals surface area contributed by atoms with Gasteiger partial charge in [-0.15, -0.1) is 0 Å². The Balaban J connectivity index is 1.55. The van der Waals surface area contributed by atoms with Gasteiger partial charge in [0.05, 0.1) is 16.4 Å². The highest BCUT2D eigenvalue weighted by Gasteiger charge is 2.42. The Hall–Kier alpha value is -1.89. The van der Waals surface area contributed by atoms with Gasteiger partial charge in [0.1, 0.15) is 4.91 Å². The molecule has 2 fully saturated rings. The average Bonchev–Trinajstić information content (AvgIpc) is 3.26. The summed E-state index contributed by atoms with van der Waals surface area (Å²) in [5.74, 6) is 0.0796. The second-order valence-corrected chi connectivity index (χ2v) is 10.7. The van der Waals surface area contributed by atoms with E-state index < -0.39 is 0 Å². The molecule has 7 heteroatoms. The van der Waals surface area contributed by atoms with Gasteiger partial charge >= 0.3 is 0 Å². The first-order valence-electron chi connectivity index (χ1n) is 10.6. The van der Waals surface area contributed by atoms with E-state index >= 15 is 0 Å². The molecule has 0 aromatic heterocycles. The standard InChI is InChI=1S/C24H24ClN3OS2/c1-15-8-11-17(12-9-15)26-24-28(18-6-4-3-5-7-18)22(29)21(31-24)23-27(2)19-14-16(25)10-13-20(19)30-23/h8-14,18H,3-7H2,1-2H3/b23-21-,26-24?. The number of thioether (sulfide) groups is 2. The van der Waals surface area contributed by atoms with Crippen LogP contribution in [0.5, 0.6) is 0 Å². The van der Waals surface area contributed by atoms with Crippen LogP contribution in [0, 0.1) is 6.92 Å². The van der Waals surface area contributed by atoms with Crippen molar-refractivity contribution >= 4 is 57.6 Å². The zero-order valence-electron chi connectivity index (χ0n) is 17.6. The van der Waals surface area contributed by atoms with Gasteiger partial charge in [-0.2, -0.15) is 0 Å². The number of nitrogens with zero attached hydrogens (tertiary/aromatic N) is 3. The molecule has 0 unspecified atom stereocenters. The highest BCUT2D eigenvalue weighted by Crippen LogP contribution is 2.51. The lowest BCUT2D eigenvalue weighted by molar-refractivity contribution is -0.124. The lowest BCUT2D eigenvalue weighted by Gasteiger charge is -2.30. The van der Waals surface area contributed by atoms with Gasteiger partial charge < -0.3 is 4.90 Å². The average molecular weight is 470 g/mol. The van der Waals surface area contributed by atoms with E-state index in [1.807, 2.05) is 42.3 Å². The van der Waals surface area contributed by atoms with Crippen LogP contribution in [0.25, 0.3) is 0 Å². The van der Waals surface area contributed by atoms with Crippen LogP contribution in [0.15, 0.2) is 62.3 Å². The SMILES string of the molecule is Cc1ccc(N=C2S/C(=C3\Sc4ccc(Cl)cc4N3C)C(=O)N2C2CCCCC2)cc1. The molecule has 1 saturated heterocycles. The van der Waals surface area contributed by atoms with Crippen LogP contribution >= 0.6 is 35.1 Å². The molecule has 160 valence electrons. The number of fused-ring (bicyclic) bond motifs is 1. The molecule has 1 amide bonds. The predicted molar refractivity (Wildman–Crippen MR) is 132 cm³/mol. The fraction of sp³-hybridized carbons (Fsp3) is 0.333. The molecule has 0 atom stereocenters. The Kier molecular flexibility index (Phi) is 5.80. The van der Waals surface area contributed by atoms with E-state index in [0.717, 1.165) is 44.2 Å². The number of carbonyl (C=O) groups is 1. The van der Waals surface area contributed by atoms with E-state index in [1.165, 1.54) is 36.6 Å². The largest absolute Gasteiger partial charge is 0.337 e. The van der Waals surface area contributed by atoms with Crippen molar-refractivity contribution in [2.24, 2.45) is 4.99 Å². The topological polar surface area (TPSA) is 35.9 Å². The molecule has 5 rings (SSSR count).